The molecule has 6 aromatic rings. The smallest absolute Gasteiger partial charge is 0.258 e. The maximum absolute atomic E-state index is 11.4. The largest absolute Gasteiger partial charge is 0.381 e. The fourth-order valence-electron chi connectivity index (χ4n) is 4.13. The molecule has 1 amide bonds. The van der Waals surface area contributed by atoms with E-state index in [1.54, 1.807) is 29.8 Å². The van der Waals surface area contributed by atoms with Crippen molar-refractivity contribution in [2.75, 3.05) is 12.8 Å². The summed E-state index contributed by atoms with van der Waals surface area (Å²) in [7, 11) is 3.47. The molecule has 0 aliphatic heterocycles. The number of nitrogens with one attached hydrogen (secondary N) is 1. The van der Waals surface area contributed by atoms with E-state index in [0.29, 0.717) is 11.2 Å². The first kappa shape index (κ1) is 25.7. The molecular formula is C28H27N9OS. The molecule has 0 aliphatic rings. The molecule has 5 aromatic heterocycles. The lowest BCUT2D eigenvalue weighted by Gasteiger charge is -2.03. The normalized spacial score (nSPS) is 10.7. The molecule has 1 aromatic carbocycles. The number of rotatable bonds is 3. The molecule has 11 heteroatoms. The van der Waals surface area contributed by atoms with Crippen LogP contribution in [0.2, 0.25) is 0 Å². The molecule has 0 unspecified atom stereocenters. The van der Waals surface area contributed by atoms with Gasteiger partial charge >= 0.3 is 0 Å². The van der Waals surface area contributed by atoms with Crippen LogP contribution in [-0.2, 0) is 13.5 Å². The lowest BCUT2D eigenvalue weighted by atomic mass is 10.1. The second-order valence-corrected chi connectivity index (χ2v) is 9.45. The molecule has 0 fully saturated rings. The van der Waals surface area contributed by atoms with Crippen molar-refractivity contribution in [1.29, 1.82) is 0 Å². The van der Waals surface area contributed by atoms with Crippen molar-refractivity contribution in [3.05, 3.63) is 88.6 Å². The number of carbonyl (C=O) groups is 1. The highest BCUT2D eigenvalue weighted by atomic mass is 32.1. The third-order valence-corrected chi connectivity index (χ3v) is 7.08. The van der Waals surface area contributed by atoms with Crippen LogP contribution in [0.1, 0.15) is 39.9 Å². The number of fused-ring (bicyclic) bond motifs is 2. The molecule has 39 heavy (non-hydrogen) atoms. The van der Waals surface area contributed by atoms with Gasteiger partial charge in [0, 0.05) is 37.4 Å². The molecule has 0 saturated carbocycles. The van der Waals surface area contributed by atoms with Gasteiger partial charge < -0.3 is 11.1 Å². The Kier molecular flexibility index (Phi) is 7.12. The number of nitrogen functional groups attached to an aromatic ring is 1. The zero-order chi connectivity index (χ0) is 27.5. The number of aryl methyl sites for hydroxylation is 2. The third-order valence-electron chi connectivity index (χ3n) is 6.25. The number of hydrogen-bond acceptors (Lipinski definition) is 7. The number of hydrogen-bond donors (Lipinski definition) is 2. The van der Waals surface area contributed by atoms with Gasteiger partial charge in [-0.3, -0.25) is 13.9 Å². The fourth-order valence-corrected chi connectivity index (χ4v) is 4.97. The summed E-state index contributed by atoms with van der Waals surface area (Å²) in [4.78, 5) is 21.2. The second kappa shape index (κ2) is 10.8. The molecule has 0 atom stereocenters. The standard InChI is InChI=1S/C20H18N4S.C8H9N5O/c1-4-18-19(15-8-6-5-7-9-15)24-17(13-25-20(24)22-18)11-10-16-12-21-23(3)14(16)2;1-10-8(14)5-6(9)12-13-4-2-3-11-7(5)13/h5-9,12-13H,4H2,1-3H3;2-4H,1H3,(H2,9,12)(H,10,14). The Morgan fingerprint density at radius 3 is 2.67 bits per heavy atom. The summed E-state index contributed by atoms with van der Waals surface area (Å²) in [5, 5.41) is 12.8. The molecule has 5 heterocycles. The van der Waals surface area contributed by atoms with Gasteiger partial charge in [0.2, 0.25) is 0 Å². The van der Waals surface area contributed by atoms with Crippen LogP contribution in [0.4, 0.5) is 5.82 Å². The minimum Gasteiger partial charge on any atom is -0.381 e. The van der Waals surface area contributed by atoms with E-state index in [9.17, 15) is 4.79 Å². The summed E-state index contributed by atoms with van der Waals surface area (Å²) in [5.74, 6) is 6.48. The maximum atomic E-state index is 11.4. The lowest BCUT2D eigenvalue weighted by Crippen LogP contribution is -2.19. The van der Waals surface area contributed by atoms with Gasteiger partial charge in [-0.15, -0.1) is 16.4 Å². The first-order chi connectivity index (χ1) is 18.9. The molecule has 3 N–H and O–H groups in total. The van der Waals surface area contributed by atoms with Crippen LogP contribution in [0.3, 0.4) is 0 Å². The molecule has 0 spiro atoms. The maximum Gasteiger partial charge on any atom is 0.258 e. The van der Waals surface area contributed by atoms with Gasteiger partial charge in [-0.1, -0.05) is 43.2 Å². The van der Waals surface area contributed by atoms with Crippen molar-refractivity contribution in [1.82, 2.24) is 39.1 Å². The van der Waals surface area contributed by atoms with E-state index in [2.05, 4.69) is 73.3 Å². The molecule has 10 nitrogen and oxygen atoms in total. The number of benzene rings is 1. The Balaban J connectivity index is 0.000000186. The van der Waals surface area contributed by atoms with Crippen LogP contribution in [0, 0.1) is 18.8 Å². The number of imidazole rings is 1. The Morgan fingerprint density at radius 1 is 1.18 bits per heavy atom. The third kappa shape index (κ3) is 4.85. The minimum absolute atomic E-state index is 0.183. The van der Waals surface area contributed by atoms with E-state index in [1.807, 2.05) is 30.9 Å². The van der Waals surface area contributed by atoms with Gasteiger partial charge in [-0.05, 0) is 25.3 Å². The second-order valence-electron chi connectivity index (χ2n) is 8.61. The van der Waals surface area contributed by atoms with Crippen LogP contribution >= 0.6 is 11.3 Å². The number of amides is 1. The van der Waals surface area contributed by atoms with Crippen LogP contribution in [-0.4, -0.2) is 46.7 Å². The van der Waals surface area contributed by atoms with Crippen molar-refractivity contribution in [3.63, 3.8) is 0 Å². The first-order valence-electron chi connectivity index (χ1n) is 12.3. The summed E-state index contributed by atoms with van der Waals surface area (Å²) < 4.78 is 5.49. The van der Waals surface area contributed by atoms with E-state index in [1.165, 1.54) is 17.1 Å². The average molecular weight is 538 g/mol. The molecular weight excluding hydrogens is 510 g/mol. The Morgan fingerprint density at radius 2 is 1.97 bits per heavy atom. The van der Waals surface area contributed by atoms with E-state index in [0.717, 1.165) is 39.7 Å². The highest BCUT2D eigenvalue weighted by Crippen LogP contribution is 2.29. The van der Waals surface area contributed by atoms with Crippen molar-refractivity contribution >= 4 is 33.7 Å². The first-order valence-corrected chi connectivity index (χ1v) is 13.2. The molecule has 0 bridgehead atoms. The van der Waals surface area contributed by atoms with Gasteiger partial charge in [0.15, 0.2) is 16.4 Å². The van der Waals surface area contributed by atoms with Gasteiger partial charge in [0.05, 0.1) is 28.8 Å². The van der Waals surface area contributed by atoms with Crippen LogP contribution in [0.5, 0.6) is 0 Å². The summed E-state index contributed by atoms with van der Waals surface area (Å²) in [6.45, 7) is 4.17. The highest BCUT2D eigenvalue weighted by molar-refractivity contribution is 7.15. The predicted octanol–water partition coefficient (Wildman–Crippen LogP) is 3.74. The number of aromatic nitrogens is 7. The van der Waals surface area contributed by atoms with Crippen LogP contribution < -0.4 is 11.1 Å². The monoisotopic (exact) mass is 537 g/mol. The quantitative estimate of drug-likeness (QED) is 0.332. The average Bonchev–Trinajstić information content (AvgIpc) is 3.70. The molecule has 6 rings (SSSR count). The summed E-state index contributed by atoms with van der Waals surface area (Å²) in [6, 6.07) is 12.1. The lowest BCUT2D eigenvalue weighted by molar-refractivity contribution is 0.0965. The molecule has 0 saturated heterocycles. The zero-order valence-electron chi connectivity index (χ0n) is 22.0. The number of nitrogens with two attached hydrogens (primary N) is 1. The van der Waals surface area contributed by atoms with E-state index in [-0.39, 0.29) is 11.7 Å². The number of carbonyl (C=O) groups excluding carboxylic acids is 1. The highest BCUT2D eigenvalue weighted by Gasteiger charge is 2.18. The molecule has 0 aliphatic carbocycles. The molecule has 0 radical (unpaired) electrons. The van der Waals surface area contributed by atoms with Gasteiger partial charge in [-0.2, -0.15) is 5.10 Å². The van der Waals surface area contributed by atoms with Crippen molar-refractivity contribution in [2.45, 2.75) is 20.3 Å². The Bertz CT molecular complexity index is 1850. The van der Waals surface area contributed by atoms with Gasteiger partial charge in [-0.25, -0.2) is 14.5 Å². The van der Waals surface area contributed by atoms with Crippen LogP contribution in [0.15, 0.2) is 60.4 Å². The predicted molar refractivity (Wildman–Crippen MR) is 153 cm³/mol. The fraction of sp³-hybridized carbons (Fsp3) is 0.179. The van der Waals surface area contributed by atoms with E-state index < -0.39 is 0 Å². The Labute approximate surface area is 229 Å². The number of thiazole rings is 1. The summed E-state index contributed by atoms with van der Waals surface area (Å²) >= 11 is 1.63. The van der Waals surface area contributed by atoms with Crippen molar-refractivity contribution < 1.29 is 4.79 Å². The Hall–Kier alpha value is -4.95. The molecule has 196 valence electrons. The minimum atomic E-state index is -0.281. The van der Waals surface area contributed by atoms with Gasteiger partial charge in [0.25, 0.3) is 5.91 Å². The van der Waals surface area contributed by atoms with Gasteiger partial charge in [0.1, 0.15) is 11.3 Å². The number of nitrogens with zero attached hydrogens (tertiary/aromatic N) is 7. The van der Waals surface area contributed by atoms with Crippen molar-refractivity contribution in [3.8, 4) is 23.1 Å². The zero-order valence-corrected chi connectivity index (χ0v) is 22.8. The van der Waals surface area contributed by atoms with Crippen molar-refractivity contribution in [2.24, 2.45) is 7.05 Å². The summed E-state index contributed by atoms with van der Waals surface area (Å²) in [5.41, 5.74) is 12.8. The summed E-state index contributed by atoms with van der Waals surface area (Å²) in [6.07, 6.45) is 5.98. The van der Waals surface area contributed by atoms with Crippen LogP contribution in [0.25, 0.3) is 21.9 Å². The van der Waals surface area contributed by atoms with E-state index in [4.69, 9.17) is 10.7 Å². The SMILES string of the molecule is CCc1nc2scc(C#Cc3cnn(C)c3C)n2c1-c1ccccc1.CNC(=O)c1c(N)nn2cccnc12. The number of anilines is 1. The van der Waals surface area contributed by atoms with E-state index >= 15 is 0 Å². The topological polar surface area (TPSA) is 120 Å².